The normalized spacial score (nSPS) is 10.7. The maximum atomic E-state index is 12.3. The van der Waals surface area contributed by atoms with Crippen LogP contribution in [0.4, 0.5) is 5.69 Å². The van der Waals surface area contributed by atoms with Gasteiger partial charge in [0, 0.05) is 11.3 Å². The summed E-state index contributed by atoms with van der Waals surface area (Å²) in [6, 6.07) is 12.9. The lowest BCUT2D eigenvalue weighted by Gasteiger charge is -2.07. The van der Waals surface area contributed by atoms with E-state index in [9.17, 15) is 4.79 Å². The summed E-state index contributed by atoms with van der Waals surface area (Å²) in [5.74, 6) is 0.627. The third-order valence-corrected chi connectivity index (χ3v) is 5.23. The minimum Gasteiger partial charge on any atom is -0.494 e. The molecular weight excluding hydrogens is 328 g/mol. The van der Waals surface area contributed by atoms with E-state index in [1.54, 1.807) is 47.4 Å². The Bertz CT molecular complexity index is 828. The number of carbonyl (C=O) groups excluding carboxylic acids is 1. The minimum atomic E-state index is -0.137. The molecule has 0 bridgehead atoms. The zero-order valence-corrected chi connectivity index (χ0v) is 14.5. The molecule has 0 aliphatic heterocycles. The molecule has 23 heavy (non-hydrogen) atoms. The molecule has 2 aromatic carbocycles. The Labute approximate surface area is 142 Å². The van der Waals surface area contributed by atoms with Gasteiger partial charge in [-0.05, 0) is 55.6 Å². The van der Waals surface area contributed by atoms with Crippen molar-refractivity contribution in [2.24, 2.45) is 0 Å². The van der Waals surface area contributed by atoms with Gasteiger partial charge in [0.2, 0.25) is 0 Å². The van der Waals surface area contributed by atoms with Crippen LogP contribution in [0, 0.1) is 0 Å². The van der Waals surface area contributed by atoms with Gasteiger partial charge in [0.15, 0.2) is 4.34 Å². The van der Waals surface area contributed by atoms with Gasteiger partial charge in [0.05, 0.1) is 16.8 Å². The molecule has 1 heterocycles. The molecule has 0 atom stereocenters. The fourth-order valence-electron chi connectivity index (χ4n) is 2.14. The van der Waals surface area contributed by atoms with Crippen LogP contribution in [0.1, 0.15) is 17.3 Å². The van der Waals surface area contributed by atoms with Gasteiger partial charge in [-0.1, -0.05) is 11.8 Å². The van der Waals surface area contributed by atoms with Crippen molar-refractivity contribution in [1.82, 2.24) is 4.98 Å². The largest absolute Gasteiger partial charge is 0.494 e. The fourth-order valence-corrected chi connectivity index (χ4v) is 3.67. The molecule has 0 saturated heterocycles. The van der Waals surface area contributed by atoms with Crippen LogP contribution in [0.2, 0.25) is 0 Å². The maximum Gasteiger partial charge on any atom is 0.255 e. The van der Waals surface area contributed by atoms with Gasteiger partial charge in [-0.3, -0.25) is 4.79 Å². The lowest BCUT2D eigenvalue weighted by atomic mass is 10.2. The van der Waals surface area contributed by atoms with Gasteiger partial charge in [-0.15, -0.1) is 11.3 Å². The molecule has 0 fully saturated rings. The first-order valence-corrected chi connectivity index (χ1v) is 9.22. The highest BCUT2D eigenvalue weighted by Gasteiger charge is 2.08. The van der Waals surface area contributed by atoms with Crippen LogP contribution in [0.25, 0.3) is 10.2 Å². The number of carbonyl (C=O) groups is 1. The first-order chi connectivity index (χ1) is 11.2. The summed E-state index contributed by atoms with van der Waals surface area (Å²) in [4.78, 5) is 16.8. The highest BCUT2D eigenvalue weighted by molar-refractivity contribution is 8.00. The summed E-state index contributed by atoms with van der Waals surface area (Å²) < 4.78 is 7.47. The quantitative estimate of drug-likeness (QED) is 0.683. The van der Waals surface area contributed by atoms with Crippen molar-refractivity contribution >= 4 is 44.9 Å². The van der Waals surface area contributed by atoms with Crippen molar-refractivity contribution in [2.75, 3.05) is 18.2 Å². The van der Waals surface area contributed by atoms with Crippen LogP contribution >= 0.6 is 23.1 Å². The van der Waals surface area contributed by atoms with Crippen LogP contribution in [-0.4, -0.2) is 23.8 Å². The standard InChI is InChI=1S/C17H16N2O2S2/c1-3-21-13-7-4-11(5-8-13)16(20)18-12-6-9-14-15(10-12)23-17(19-14)22-2/h4-10H,3H2,1-2H3,(H,18,20). The molecule has 0 aliphatic rings. The average molecular weight is 344 g/mol. The Morgan fingerprint density at radius 3 is 2.74 bits per heavy atom. The molecule has 0 saturated carbocycles. The zero-order chi connectivity index (χ0) is 16.2. The molecule has 1 aromatic heterocycles. The van der Waals surface area contributed by atoms with E-state index in [0.29, 0.717) is 12.2 Å². The summed E-state index contributed by atoms with van der Waals surface area (Å²) in [6.45, 7) is 2.54. The predicted molar refractivity (Wildman–Crippen MR) is 97.0 cm³/mol. The van der Waals surface area contributed by atoms with Crippen LogP contribution in [-0.2, 0) is 0 Å². The van der Waals surface area contributed by atoms with Crippen LogP contribution in [0.3, 0.4) is 0 Å². The summed E-state index contributed by atoms with van der Waals surface area (Å²) in [5.41, 5.74) is 2.33. The van der Waals surface area contributed by atoms with Crippen LogP contribution < -0.4 is 10.1 Å². The summed E-state index contributed by atoms with van der Waals surface area (Å²) in [6.07, 6.45) is 2.01. The Morgan fingerprint density at radius 2 is 2.04 bits per heavy atom. The molecular formula is C17H16N2O2S2. The van der Waals surface area contributed by atoms with E-state index in [1.165, 1.54) is 0 Å². The number of hydrogen-bond acceptors (Lipinski definition) is 5. The molecule has 3 aromatic rings. The van der Waals surface area contributed by atoms with E-state index in [-0.39, 0.29) is 5.91 Å². The molecule has 0 radical (unpaired) electrons. The first kappa shape index (κ1) is 15.8. The number of benzene rings is 2. The van der Waals surface area contributed by atoms with Crippen molar-refractivity contribution < 1.29 is 9.53 Å². The van der Waals surface area contributed by atoms with Crippen molar-refractivity contribution in [3.63, 3.8) is 0 Å². The lowest BCUT2D eigenvalue weighted by molar-refractivity contribution is 0.102. The van der Waals surface area contributed by atoms with Gasteiger partial charge in [0.1, 0.15) is 5.75 Å². The Balaban J connectivity index is 1.76. The van der Waals surface area contributed by atoms with Crippen molar-refractivity contribution in [2.45, 2.75) is 11.3 Å². The molecule has 0 spiro atoms. The second-order valence-corrected chi connectivity index (χ2v) is 6.86. The second kappa shape index (κ2) is 7.02. The molecule has 1 N–H and O–H groups in total. The number of thioether (sulfide) groups is 1. The van der Waals surface area contributed by atoms with Crippen molar-refractivity contribution in [3.05, 3.63) is 48.0 Å². The van der Waals surface area contributed by atoms with E-state index in [1.807, 2.05) is 31.4 Å². The summed E-state index contributed by atoms with van der Waals surface area (Å²) in [5, 5.41) is 2.92. The molecule has 0 aliphatic carbocycles. The summed E-state index contributed by atoms with van der Waals surface area (Å²) >= 11 is 3.25. The van der Waals surface area contributed by atoms with E-state index in [0.717, 1.165) is 26.0 Å². The van der Waals surface area contributed by atoms with Crippen molar-refractivity contribution in [3.8, 4) is 5.75 Å². The number of hydrogen-bond donors (Lipinski definition) is 1. The third-order valence-electron chi connectivity index (χ3n) is 3.23. The number of nitrogens with zero attached hydrogens (tertiary/aromatic N) is 1. The number of fused-ring (bicyclic) bond motifs is 1. The van der Waals surface area contributed by atoms with E-state index >= 15 is 0 Å². The molecule has 118 valence electrons. The van der Waals surface area contributed by atoms with E-state index < -0.39 is 0 Å². The van der Waals surface area contributed by atoms with Gasteiger partial charge < -0.3 is 10.1 Å². The Kier molecular flexibility index (Phi) is 4.83. The van der Waals surface area contributed by atoms with E-state index in [2.05, 4.69) is 10.3 Å². The van der Waals surface area contributed by atoms with Crippen LogP contribution in [0.15, 0.2) is 46.8 Å². The molecule has 3 rings (SSSR count). The molecule has 6 heteroatoms. The molecule has 4 nitrogen and oxygen atoms in total. The highest BCUT2D eigenvalue weighted by atomic mass is 32.2. The van der Waals surface area contributed by atoms with Gasteiger partial charge in [-0.25, -0.2) is 4.98 Å². The first-order valence-electron chi connectivity index (χ1n) is 7.18. The molecule has 1 amide bonds. The van der Waals surface area contributed by atoms with Crippen molar-refractivity contribution in [1.29, 1.82) is 0 Å². The zero-order valence-electron chi connectivity index (χ0n) is 12.8. The third kappa shape index (κ3) is 3.65. The Morgan fingerprint density at radius 1 is 1.26 bits per heavy atom. The fraction of sp³-hybridized carbons (Fsp3) is 0.176. The highest BCUT2D eigenvalue weighted by Crippen LogP contribution is 2.30. The number of amides is 1. The topological polar surface area (TPSA) is 51.2 Å². The maximum absolute atomic E-state index is 12.3. The van der Waals surface area contributed by atoms with Gasteiger partial charge in [-0.2, -0.15) is 0 Å². The number of ether oxygens (including phenoxy) is 1. The Hall–Kier alpha value is -2.05. The van der Waals surface area contributed by atoms with E-state index in [4.69, 9.17) is 4.74 Å². The van der Waals surface area contributed by atoms with Gasteiger partial charge in [0.25, 0.3) is 5.91 Å². The predicted octanol–water partition coefficient (Wildman–Crippen LogP) is 4.67. The lowest BCUT2D eigenvalue weighted by Crippen LogP contribution is -2.11. The van der Waals surface area contributed by atoms with Crippen LogP contribution in [0.5, 0.6) is 5.75 Å². The number of anilines is 1. The SMILES string of the molecule is CCOc1ccc(C(=O)Nc2ccc3nc(SC)sc3c2)cc1. The smallest absolute Gasteiger partial charge is 0.255 e. The number of thiazole rings is 1. The summed E-state index contributed by atoms with van der Waals surface area (Å²) in [7, 11) is 0. The number of aromatic nitrogens is 1. The van der Waals surface area contributed by atoms with Gasteiger partial charge >= 0.3 is 0 Å². The molecule has 0 unspecified atom stereocenters. The monoisotopic (exact) mass is 344 g/mol. The number of nitrogens with one attached hydrogen (secondary N) is 1. The second-order valence-electron chi connectivity index (χ2n) is 4.78. The number of rotatable bonds is 5. The average Bonchev–Trinajstić information content (AvgIpc) is 2.98. The minimum absolute atomic E-state index is 0.137.